The lowest BCUT2D eigenvalue weighted by Crippen LogP contribution is -2.08. The molecule has 0 atom stereocenters. The van der Waals surface area contributed by atoms with Crippen LogP contribution in [0.3, 0.4) is 0 Å². The monoisotopic (exact) mass is 295 g/mol. The summed E-state index contributed by atoms with van der Waals surface area (Å²) in [7, 11) is 0. The molecule has 0 bridgehead atoms. The van der Waals surface area contributed by atoms with Crippen molar-refractivity contribution in [1.29, 1.82) is 0 Å². The van der Waals surface area contributed by atoms with Crippen LogP contribution in [0.2, 0.25) is 0 Å². The summed E-state index contributed by atoms with van der Waals surface area (Å²) in [6.45, 7) is 3.89. The fourth-order valence-corrected chi connectivity index (χ4v) is 2.70. The van der Waals surface area contributed by atoms with E-state index in [9.17, 15) is 4.79 Å². The third-order valence-corrected chi connectivity index (χ3v) is 4.09. The number of hydrogen-bond donors (Lipinski definition) is 0. The van der Waals surface area contributed by atoms with Gasteiger partial charge in [0.2, 0.25) is 0 Å². The van der Waals surface area contributed by atoms with Crippen LogP contribution in [0.1, 0.15) is 30.0 Å². The summed E-state index contributed by atoms with van der Waals surface area (Å²) in [6.07, 6.45) is 6.15. The molecule has 1 saturated carbocycles. The van der Waals surface area contributed by atoms with Crippen molar-refractivity contribution >= 4 is 11.4 Å². The van der Waals surface area contributed by atoms with Gasteiger partial charge >= 0.3 is 0 Å². The molecule has 0 radical (unpaired) electrons. The minimum atomic E-state index is 0.246. The Balaban J connectivity index is 1.84. The van der Waals surface area contributed by atoms with Crippen LogP contribution in [-0.4, -0.2) is 20.2 Å². The molecule has 3 aromatic heterocycles. The number of fused-ring (bicyclic) bond motifs is 1. The lowest BCUT2D eigenvalue weighted by Gasteiger charge is -2.06. The molecule has 0 aliphatic heterocycles. The third kappa shape index (κ3) is 2.22. The van der Waals surface area contributed by atoms with E-state index in [0.29, 0.717) is 17.9 Å². The van der Waals surface area contributed by atoms with Crippen LogP contribution in [0.5, 0.6) is 0 Å². The van der Waals surface area contributed by atoms with Gasteiger partial charge in [0.05, 0.1) is 12.1 Å². The van der Waals surface area contributed by atoms with Gasteiger partial charge in [0.1, 0.15) is 17.2 Å². The quantitative estimate of drug-likeness (QED) is 0.742. The average Bonchev–Trinajstić information content (AvgIpc) is 3.17. The first-order valence-electron chi connectivity index (χ1n) is 7.55. The van der Waals surface area contributed by atoms with Crippen molar-refractivity contribution in [3.63, 3.8) is 0 Å². The summed E-state index contributed by atoms with van der Waals surface area (Å²) in [6, 6.07) is 3.81. The molecule has 3 aromatic rings. The van der Waals surface area contributed by atoms with Crippen LogP contribution >= 0.6 is 0 Å². The van der Waals surface area contributed by atoms with E-state index < -0.39 is 0 Å². The topological polar surface area (TPSA) is 60.4 Å². The Morgan fingerprint density at radius 2 is 2.18 bits per heavy atom. The Labute approximate surface area is 128 Å². The number of rotatable bonds is 4. The smallest absolute Gasteiger partial charge is 0.166 e. The maximum absolute atomic E-state index is 12.1. The Morgan fingerprint density at radius 1 is 1.36 bits per heavy atom. The molecule has 0 unspecified atom stereocenters. The van der Waals surface area contributed by atoms with Crippen LogP contribution in [0.4, 0.5) is 0 Å². The number of ketones is 1. The van der Waals surface area contributed by atoms with Crippen LogP contribution in [0.25, 0.3) is 17.1 Å². The van der Waals surface area contributed by atoms with Gasteiger partial charge in [-0.15, -0.1) is 0 Å². The predicted octanol–water partition coefficient (Wildman–Crippen LogP) is 3.13. The largest absolute Gasteiger partial charge is 0.460 e. The number of carbonyl (C=O) groups excluding carboxylic acids is 1. The van der Waals surface area contributed by atoms with Crippen molar-refractivity contribution in [2.24, 2.45) is 5.92 Å². The molecular formula is C17H17N3O2. The molecule has 4 rings (SSSR count). The van der Waals surface area contributed by atoms with E-state index in [1.54, 1.807) is 0 Å². The number of aryl methyl sites for hydroxylation is 2. The summed E-state index contributed by atoms with van der Waals surface area (Å²) in [4.78, 5) is 21.2. The van der Waals surface area contributed by atoms with Gasteiger partial charge in [-0.2, -0.15) is 0 Å². The zero-order chi connectivity index (χ0) is 15.3. The standard InChI is InChI=1S/C17H17N3O2/c1-10-8-18-17-16(15-6-3-11(2)22-15)19-13(9-20(10)17)7-14(21)12-4-5-12/h3,6,8-9,12H,4-5,7H2,1-2H3. The molecule has 3 heterocycles. The zero-order valence-electron chi connectivity index (χ0n) is 12.7. The number of nitrogens with zero attached hydrogens (tertiary/aromatic N) is 3. The van der Waals surface area contributed by atoms with Gasteiger partial charge in [0.25, 0.3) is 0 Å². The lowest BCUT2D eigenvalue weighted by molar-refractivity contribution is -0.119. The molecule has 0 spiro atoms. The van der Waals surface area contributed by atoms with E-state index in [0.717, 1.165) is 35.6 Å². The molecule has 22 heavy (non-hydrogen) atoms. The van der Waals surface area contributed by atoms with E-state index >= 15 is 0 Å². The van der Waals surface area contributed by atoms with Gasteiger partial charge in [-0.3, -0.25) is 4.79 Å². The van der Waals surface area contributed by atoms with Crippen LogP contribution in [-0.2, 0) is 11.2 Å². The molecule has 5 heteroatoms. The van der Waals surface area contributed by atoms with Crippen LogP contribution < -0.4 is 0 Å². The Kier molecular flexibility index (Phi) is 2.89. The molecule has 1 aliphatic rings. The van der Waals surface area contributed by atoms with Crippen molar-refractivity contribution in [2.45, 2.75) is 33.1 Å². The van der Waals surface area contributed by atoms with Gasteiger partial charge in [0, 0.05) is 24.0 Å². The maximum Gasteiger partial charge on any atom is 0.166 e. The molecule has 0 N–H and O–H groups in total. The van der Waals surface area contributed by atoms with Crippen molar-refractivity contribution < 1.29 is 9.21 Å². The predicted molar refractivity (Wildman–Crippen MR) is 81.6 cm³/mol. The van der Waals surface area contributed by atoms with Gasteiger partial charge in [0.15, 0.2) is 11.4 Å². The summed E-state index contributed by atoms with van der Waals surface area (Å²) in [5, 5.41) is 0. The Bertz CT molecular complexity index is 871. The molecule has 0 saturated heterocycles. The normalized spacial score (nSPS) is 14.6. The number of Topliss-reactive ketones (excluding diaryl/α,β-unsaturated/α-hetero) is 1. The van der Waals surface area contributed by atoms with Crippen molar-refractivity contribution in [3.8, 4) is 11.5 Å². The van der Waals surface area contributed by atoms with Gasteiger partial charge in [-0.05, 0) is 38.8 Å². The second kappa shape index (κ2) is 4.80. The highest BCUT2D eigenvalue weighted by atomic mass is 16.3. The van der Waals surface area contributed by atoms with E-state index in [1.165, 1.54) is 0 Å². The Hall–Kier alpha value is -2.43. The minimum absolute atomic E-state index is 0.246. The first kappa shape index (κ1) is 13.2. The number of carbonyl (C=O) groups is 1. The number of hydrogen-bond acceptors (Lipinski definition) is 4. The number of furan rings is 1. The number of aromatic nitrogens is 3. The minimum Gasteiger partial charge on any atom is -0.460 e. The Morgan fingerprint density at radius 3 is 2.86 bits per heavy atom. The van der Waals surface area contributed by atoms with Crippen molar-refractivity contribution in [2.75, 3.05) is 0 Å². The molecule has 5 nitrogen and oxygen atoms in total. The van der Waals surface area contributed by atoms with E-state index in [2.05, 4.69) is 9.97 Å². The highest BCUT2D eigenvalue weighted by Crippen LogP contribution is 2.31. The first-order chi connectivity index (χ1) is 10.6. The maximum atomic E-state index is 12.1. The van der Waals surface area contributed by atoms with Crippen LogP contribution in [0, 0.1) is 19.8 Å². The fraction of sp³-hybridized carbons (Fsp3) is 0.353. The van der Waals surface area contributed by atoms with Gasteiger partial charge in [-0.1, -0.05) is 0 Å². The molecular weight excluding hydrogens is 278 g/mol. The zero-order valence-corrected chi connectivity index (χ0v) is 12.7. The van der Waals surface area contributed by atoms with Crippen molar-refractivity contribution in [1.82, 2.24) is 14.4 Å². The summed E-state index contributed by atoms with van der Waals surface area (Å²) < 4.78 is 7.69. The van der Waals surface area contributed by atoms with E-state index in [-0.39, 0.29) is 11.7 Å². The number of imidazole rings is 1. The van der Waals surface area contributed by atoms with Gasteiger partial charge in [-0.25, -0.2) is 9.97 Å². The summed E-state index contributed by atoms with van der Waals surface area (Å²) in [5.74, 6) is 2.05. The highest BCUT2D eigenvalue weighted by Gasteiger charge is 2.29. The molecule has 0 amide bonds. The molecule has 1 aliphatic carbocycles. The second-order valence-electron chi connectivity index (χ2n) is 6.00. The highest BCUT2D eigenvalue weighted by molar-refractivity contribution is 5.85. The average molecular weight is 295 g/mol. The summed E-state index contributed by atoms with van der Waals surface area (Å²) in [5.41, 5.74) is 3.24. The molecule has 112 valence electrons. The summed E-state index contributed by atoms with van der Waals surface area (Å²) >= 11 is 0. The molecule has 1 fully saturated rings. The lowest BCUT2D eigenvalue weighted by atomic mass is 10.1. The third-order valence-electron chi connectivity index (χ3n) is 4.09. The van der Waals surface area contributed by atoms with Gasteiger partial charge < -0.3 is 8.82 Å². The van der Waals surface area contributed by atoms with Crippen LogP contribution in [0.15, 0.2) is 28.9 Å². The second-order valence-corrected chi connectivity index (χ2v) is 6.00. The van der Waals surface area contributed by atoms with E-state index in [4.69, 9.17) is 4.42 Å². The molecule has 0 aromatic carbocycles. The fourth-order valence-electron chi connectivity index (χ4n) is 2.70. The van der Waals surface area contributed by atoms with Crippen molar-refractivity contribution in [3.05, 3.63) is 41.7 Å². The first-order valence-corrected chi connectivity index (χ1v) is 7.55. The SMILES string of the molecule is Cc1ccc(-c2nc(CC(=O)C3CC3)cn3c(C)cnc23)o1. The van der Waals surface area contributed by atoms with E-state index in [1.807, 2.05) is 42.8 Å².